The summed E-state index contributed by atoms with van der Waals surface area (Å²) in [6.07, 6.45) is 15.8. The highest BCUT2D eigenvalue weighted by Crippen LogP contribution is 2.29. The molecule has 1 fully saturated rings. The van der Waals surface area contributed by atoms with E-state index in [0.29, 0.717) is 0 Å². The summed E-state index contributed by atoms with van der Waals surface area (Å²) >= 11 is 0. The van der Waals surface area contributed by atoms with Crippen molar-refractivity contribution in [1.29, 1.82) is 0 Å². The molecule has 0 aromatic carbocycles. The van der Waals surface area contributed by atoms with Crippen LogP contribution in [0.25, 0.3) is 0 Å². The van der Waals surface area contributed by atoms with Gasteiger partial charge in [-0.3, -0.25) is 0 Å². The Morgan fingerprint density at radius 3 is 2.50 bits per heavy atom. The minimum absolute atomic E-state index is 0.856. The van der Waals surface area contributed by atoms with E-state index in [9.17, 15) is 0 Å². The van der Waals surface area contributed by atoms with E-state index in [1.54, 1.807) is 0 Å². The van der Waals surface area contributed by atoms with Crippen LogP contribution in [0.4, 0.5) is 0 Å². The van der Waals surface area contributed by atoms with Crippen LogP contribution in [-0.2, 0) is 0 Å². The normalized spacial score (nSPS) is 20.6. The van der Waals surface area contributed by atoms with Gasteiger partial charge in [-0.2, -0.15) is 0 Å². The first-order chi connectivity index (χ1) is 6.86. The molecular weight excluding hydrogens is 168 g/mol. The van der Waals surface area contributed by atoms with Crippen LogP contribution in [0, 0.1) is 18.3 Å². The van der Waals surface area contributed by atoms with Crippen LogP contribution in [0.5, 0.6) is 0 Å². The van der Waals surface area contributed by atoms with Gasteiger partial charge in [0.2, 0.25) is 0 Å². The Bertz CT molecular complexity index is 142. The molecule has 0 bridgehead atoms. The van der Waals surface area contributed by atoms with Crippen molar-refractivity contribution in [2.45, 2.75) is 58.3 Å². The molecule has 1 atom stereocenters. The quantitative estimate of drug-likeness (QED) is 0.533. The largest absolute Gasteiger partial charge is 0.103 e. The summed E-state index contributed by atoms with van der Waals surface area (Å²) in [6.45, 7) is 6.12. The summed E-state index contributed by atoms with van der Waals surface area (Å²) in [6, 6.07) is 0. The predicted octanol–water partition coefficient (Wildman–Crippen LogP) is 4.76. The maximum absolute atomic E-state index is 3.83. The molecule has 1 unspecified atom stereocenters. The van der Waals surface area contributed by atoms with Crippen molar-refractivity contribution in [3.63, 3.8) is 0 Å². The maximum Gasteiger partial charge on any atom is -0.0325 e. The van der Waals surface area contributed by atoms with E-state index in [4.69, 9.17) is 0 Å². The van der Waals surface area contributed by atoms with Crippen molar-refractivity contribution in [3.8, 4) is 0 Å². The van der Waals surface area contributed by atoms with E-state index in [2.05, 4.69) is 26.0 Å². The monoisotopic (exact) mass is 193 g/mol. The van der Waals surface area contributed by atoms with Crippen molar-refractivity contribution < 1.29 is 0 Å². The van der Waals surface area contributed by atoms with E-state index < -0.39 is 0 Å². The van der Waals surface area contributed by atoms with Gasteiger partial charge in [0.1, 0.15) is 0 Å². The smallest absolute Gasteiger partial charge is 0.0325 e. The Kier molecular flexibility index (Phi) is 5.98. The molecule has 0 spiro atoms. The summed E-state index contributed by atoms with van der Waals surface area (Å²) < 4.78 is 0. The van der Waals surface area contributed by atoms with Crippen LogP contribution in [0.3, 0.4) is 0 Å². The molecule has 1 radical (unpaired) electrons. The number of hydrogen-bond acceptors (Lipinski definition) is 0. The fraction of sp³-hybridized carbons (Fsp3) is 0.786. The van der Waals surface area contributed by atoms with Crippen molar-refractivity contribution in [2.24, 2.45) is 11.8 Å². The van der Waals surface area contributed by atoms with Crippen LogP contribution in [0.1, 0.15) is 58.3 Å². The van der Waals surface area contributed by atoms with Gasteiger partial charge in [0.15, 0.2) is 0 Å². The van der Waals surface area contributed by atoms with E-state index >= 15 is 0 Å². The Balaban J connectivity index is 2.13. The number of rotatable bonds is 6. The maximum atomic E-state index is 3.83. The molecule has 0 aliphatic heterocycles. The second-order valence-electron chi connectivity index (χ2n) is 4.67. The molecule has 0 saturated heterocycles. The molecule has 0 amide bonds. The van der Waals surface area contributed by atoms with Crippen LogP contribution >= 0.6 is 0 Å². The van der Waals surface area contributed by atoms with E-state index in [1.807, 2.05) is 0 Å². The van der Waals surface area contributed by atoms with Crippen molar-refractivity contribution >= 4 is 0 Å². The zero-order chi connectivity index (χ0) is 10.2. The fourth-order valence-electron chi connectivity index (χ4n) is 2.42. The Morgan fingerprint density at radius 1 is 1.21 bits per heavy atom. The Labute approximate surface area is 89.8 Å². The molecular formula is C14H25. The molecule has 0 nitrogen and oxygen atoms in total. The Hall–Kier alpha value is -0.260. The third kappa shape index (κ3) is 4.30. The molecule has 0 heterocycles. The zero-order valence-electron chi connectivity index (χ0n) is 9.67. The van der Waals surface area contributed by atoms with Crippen molar-refractivity contribution in [2.75, 3.05) is 0 Å². The lowest BCUT2D eigenvalue weighted by molar-refractivity contribution is 0.370. The second kappa shape index (κ2) is 7.09. The minimum Gasteiger partial charge on any atom is -0.103 e. The average molecular weight is 193 g/mol. The van der Waals surface area contributed by atoms with E-state index in [1.165, 1.54) is 51.4 Å². The lowest BCUT2D eigenvalue weighted by Gasteiger charge is -2.23. The topological polar surface area (TPSA) is 0 Å². The fourth-order valence-corrected chi connectivity index (χ4v) is 2.42. The highest BCUT2D eigenvalue weighted by atomic mass is 14.2. The molecule has 14 heavy (non-hydrogen) atoms. The third-order valence-electron chi connectivity index (χ3n) is 3.53. The van der Waals surface area contributed by atoms with Gasteiger partial charge in [0, 0.05) is 0 Å². The molecule has 1 aliphatic rings. The first-order valence-corrected chi connectivity index (χ1v) is 6.31. The second-order valence-corrected chi connectivity index (χ2v) is 4.67. The summed E-state index contributed by atoms with van der Waals surface area (Å²) in [5.41, 5.74) is 0. The lowest BCUT2D eigenvalue weighted by atomic mass is 9.83. The molecule has 1 saturated carbocycles. The molecule has 1 aliphatic carbocycles. The van der Waals surface area contributed by atoms with Gasteiger partial charge in [-0.25, -0.2) is 0 Å². The van der Waals surface area contributed by atoms with Gasteiger partial charge in [-0.05, 0) is 31.1 Å². The number of allylic oxidation sites excluding steroid dienone is 1. The van der Waals surface area contributed by atoms with Crippen molar-refractivity contribution in [1.82, 2.24) is 0 Å². The molecule has 0 heteroatoms. The van der Waals surface area contributed by atoms with Crippen LogP contribution < -0.4 is 0 Å². The van der Waals surface area contributed by atoms with Crippen LogP contribution in [-0.4, -0.2) is 0 Å². The van der Waals surface area contributed by atoms with Gasteiger partial charge in [0.25, 0.3) is 0 Å². The third-order valence-corrected chi connectivity index (χ3v) is 3.53. The highest BCUT2D eigenvalue weighted by molar-refractivity contribution is 4.83. The Morgan fingerprint density at radius 2 is 1.93 bits per heavy atom. The van der Waals surface area contributed by atoms with Gasteiger partial charge in [-0.1, -0.05) is 51.5 Å². The minimum atomic E-state index is 0.856. The predicted molar refractivity (Wildman–Crippen MR) is 64.1 cm³/mol. The molecule has 1 rings (SSSR count). The summed E-state index contributed by atoms with van der Waals surface area (Å²) in [5, 5.41) is 0. The first kappa shape index (κ1) is 11.8. The SMILES string of the molecule is C=CCC(CC)C[CH]C1CCCCC1. The number of hydrogen-bond donors (Lipinski definition) is 0. The van der Waals surface area contributed by atoms with Crippen LogP contribution in [0.15, 0.2) is 12.7 Å². The van der Waals surface area contributed by atoms with Gasteiger partial charge >= 0.3 is 0 Å². The van der Waals surface area contributed by atoms with Crippen molar-refractivity contribution in [3.05, 3.63) is 19.1 Å². The van der Waals surface area contributed by atoms with Gasteiger partial charge in [0.05, 0.1) is 0 Å². The standard InChI is InChI=1S/C14H25/c1-3-8-13(4-2)11-12-14-9-6-5-7-10-14/h3,12-14H,1,4-11H2,2H3. The van der Waals surface area contributed by atoms with E-state index in [-0.39, 0.29) is 0 Å². The first-order valence-electron chi connectivity index (χ1n) is 6.31. The molecule has 0 N–H and O–H groups in total. The zero-order valence-corrected chi connectivity index (χ0v) is 9.67. The summed E-state index contributed by atoms with van der Waals surface area (Å²) in [4.78, 5) is 0. The van der Waals surface area contributed by atoms with Gasteiger partial charge in [-0.15, -0.1) is 6.58 Å². The molecule has 0 aromatic rings. The van der Waals surface area contributed by atoms with Gasteiger partial charge < -0.3 is 0 Å². The summed E-state index contributed by atoms with van der Waals surface area (Å²) in [5.74, 6) is 1.79. The molecule has 81 valence electrons. The van der Waals surface area contributed by atoms with E-state index in [0.717, 1.165) is 11.8 Å². The molecule has 0 aromatic heterocycles. The average Bonchev–Trinajstić information content (AvgIpc) is 2.25. The van der Waals surface area contributed by atoms with Crippen LogP contribution in [0.2, 0.25) is 0 Å². The summed E-state index contributed by atoms with van der Waals surface area (Å²) in [7, 11) is 0. The highest BCUT2D eigenvalue weighted by Gasteiger charge is 2.15. The lowest BCUT2D eigenvalue weighted by Crippen LogP contribution is -2.09.